The molecule has 102 valence electrons. The number of aliphatic carboxylic acids is 1. The van der Waals surface area contributed by atoms with Crippen molar-refractivity contribution in [2.75, 3.05) is 7.05 Å². The molecule has 1 unspecified atom stereocenters. The van der Waals surface area contributed by atoms with Gasteiger partial charge in [0.15, 0.2) is 0 Å². The molecule has 2 N–H and O–H groups in total. The summed E-state index contributed by atoms with van der Waals surface area (Å²) in [5.41, 5.74) is 2.14. The number of nitrogens with one attached hydrogen (secondary N) is 1. The molecular weight excluding hydrogens is 242 g/mol. The van der Waals surface area contributed by atoms with E-state index in [4.69, 9.17) is 0 Å². The monoisotopic (exact) mass is 261 g/mol. The number of carbonyl (C=O) groups is 2. The van der Waals surface area contributed by atoms with Crippen LogP contribution in [0.2, 0.25) is 0 Å². The molecule has 1 aliphatic carbocycles. The van der Waals surface area contributed by atoms with Gasteiger partial charge in [-0.05, 0) is 49.3 Å². The van der Waals surface area contributed by atoms with Gasteiger partial charge in [-0.1, -0.05) is 18.2 Å². The predicted octanol–water partition coefficient (Wildman–Crippen LogP) is 1.55. The van der Waals surface area contributed by atoms with Crippen molar-refractivity contribution in [2.24, 2.45) is 5.41 Å². The second kappa shape index (κ2) is 5.03. The Hall–Kier alpha value is -1.84. The highest BCUT2D eigenvalue weighted by molar-refractivity contribution is 6.01. The molecule has 0 bridgehead atoms. The molecule has 1 amide bonds. The standard InChI is InChI=1S/C15H19NO3/c1-15(14(18)19,13(17)16-2)9-10-6-7-11-4-3-5-12(11)8-10/h6-8H,3-5,9H2,1-2H3,(H,16,17)(H,18,19). The molecule has 0 saturated carbocycles. The molecule has 0 heterocycles. The summed E-state index contributed by atoms with van der Waals surface area (Å²) in [6.07, 6.45) is 3.52. The minimum Gasteiger partial charge on any atom is -0.480 e. The minimum atomic E-state index is -1.42. The first kappa shape index (κ1) is 13.6. The lowest BCUT2D eigenvalue weighted by molar-refractivity contribution is -0.154. The third-order valence-corrected chi connectivity index (χ3v) is 3.92. The van der Waals surface area contributed by atoms with Crippen LogP contribution in [0.5, 0.6) is 0 Å². The molecule has 1 atom stereocenters. The molecule has 1 aromatic carbocycles. The normalized spacial score (nSPS) is 16.5. The molecule has 1 aliphatic rings. The lowest BCUT2D eigenvalue weighted by Gasteiger charge is -2.23. The van der Waals surface area contributed by atoms with Crippen LogP contribution in [0.25, 0.3) is 0 Å². The van der Waals surface area contributed by atoms with Gasteiger partial charge in [0, 0.05) is 7.05 Å². The molecule has 2 rings (SSSR count). The Labute approximate surface area is 112 Å². The summed E-state index contributed by atoms with van der Waals surface area (Å²) in [6.45, 7) is 1.47. The summed E-state index contributed by atoms with van der Waals surface area (Å²) < 4.78 is 0. The van der Waals surface area contributed by atoms with Crippen molar-refractivity contribution in [1.82, 2.24) is 5.32 Å². The molecule has 4 nitrogen and oxygen atoms in total. The zero-order valence-electron chi connectivity index (χ0n) is 11.3. The van der Waals surface area contributed by atoms with Gasteiger partial charge in [-0.25, -0.2) is 0 Å². The Bertz CT molecular complexity index is 524. The Kier molecular flexibility index (Phi) is 3.60. The van der Waals surface area contributed by atoms with Crippen molar-refractivity contribution in [3.05, 3.63) is 34.9 Å². The maximum atomic E-state index is 11.8. The van der Waals surface area contributed by atoms with Crippen molar-refractivity contribution in [2.45, 2.75) is 32.6 Å². The summed E-state index contributed by atoms with van der Waals surface area (Å²) >= 11 is 0. The second-order valence-electron chi connectivity index (χ2n) is 5.35. The number of hydrogen-bond donors (Lipinski definition) is 2. The smallest absolute Gasteiger partial charge is 0.319 e. The van der Waals surface area contributed by atoms with Crippen molar-refractivity contribution in [3.63, 3.8) is 0 Å². The van der Waals surface area contributed by atoms with Crippen molar-refractivity contribution in [1.29, 1.82) is 0 Å². The van der Waals surface area contributed by atoms with Gasteiger partial charge in [0.2, 0.25) is 5.91 Å². The number of hydrogen-bond acceptors (Lipinski definition) is 2. The lowest BCUT2D eigenvalue weighted by Crippen LogP contribution is -2.44. The van der Waals surface area contributed by atoms with E-state index in [1.165, 1.54) is 25.1 Å². The minimum absolute atomic E-state index is 0.218. The zero-order valence-corrected chi connectivity index (χ0v) is 11.3. The van der Waals surface area contributed by atoms with E-state index in [0.717, 1.165) is 24.8 Å². The molecular formula is C15H19NO3. The third-order valence-electron chi connectivity index (χ3n) is 3.92. The van der Waals surface area contributed by atoms with Crippen LogP contribution in [-0.4, -0.2) is 24.0 Å². The first-order valence-electron chi connectivity index (χ1n) is 6.53. The molecule has 0 aromatic heterocycles. The largest absolute Gasteiger partial charge is 0.480 e. The fraction of sp³-hybridized carbons (Fsp3) is 0.467. The number of amides is 1. The van der Waals surface area contributed by atoms with E-state index >= 15 is 0 Å². The van der Waals surface area contributed by atoms with Gasteiger partial charge in [0.25, 0.3) is 0 Å². The van der Waals surface area contributed by atoms with Crippen molar-refractivity contribution >= 4 is 11.9 Å². The van der Waals surface area contributed by atoms with Crippen LogP contribution < -0.4 is 5.32 Å². The average molecular weight is 261 g/mol. The van der Waals surface area contributed by atoms with E-state index < -0.39 is 17.3 Å². The summed E-state index contributed by atoms with van der Waals surface area (Å²) in [7, 11) is 1.46. The van der Waals surface area contributed by atoms with Gasteiger partial charge < -0.3 is 10.4 Å². The van der Waals surface area contributed by atoms with Crippen LogP contribution in [-0.2, 0) is 28.9 Å². The number of carboxylic acid groups (broad SMARTS) is 1. The van der Waals surface area contributed by atoms with Crippen molar-refractivity contribution in [3.8, 4) is 0 Å². The first-order valence-corrected chi connectivity index (χ1v) is 6.53. The highest BCUT2D eigenvalue weighted by atomic mass is 16.4. The van der Waals surface area contributed by atoms with Gasteiger partial charge in [0.05, 0.1) is 0 Å². The molecule has 0 fully saturated rings. The van der Waals surface area contributed by atoms with Crippen molar-refractivity contribution < 1.29 is 14.7 Å². The third kappa shape index (κ3) is 2.48. The molecule has 0 spiro atoms. The number of carboxylic acids is 1. The Morgan fingerprint density at radius 2 is 2.00 bits per heavy atom. The Morgan fingerprint density at radius 3 is 2.63 bits per heavy atom. The number of rotatable bonds is 4. The highest BCUT2D eigenvalue weighted by Crippen LogP contribution is 2.28. The van der Waals surface area contributed by atoms with Crippen LogP contribution in [0.15, 0.2) is 18.2 Å². The Morgan fingerprint density at radius 1 is 1.32 bits per heavy atom. The first-order chi connectivity index (χ1) is 8.97. The quantitative estimate of drug-likeness (QED) is 0.808. The van der Waals surface area contributed by atoms with E-state index in [1.54, 1.807) is 0 Å². The van der Waals surface area contributed by atoms with E-state index in [1.807, 2.05) is 12.1 Å². The van der Waals surface area contributed by atoms with Gasteiger partial charge >= 0.3 is 5.97 Å². The van der Waals surface area contributed by atoms with E-state index in [0.29, 0.717) is 0 Å². The average Bonchev–Trinajstić information content (AvgIpc) is 2.84. The lowest BCUT2D eigenvalue weighted by atomic mass is 9.82. The number of aryl methyl sites for hydroxylation is 2. The maximum absolute atomic E-state index is 11.8. The molecule has 0 saturated heterocycles. The molecule has 0 aliphatic heterocycles. The topological polar surface area (TPSA) is 66.4 Å². The molecule has 4 heteroatoms. The summed E-state index contributed by atoms with van der Waals surface area (Å²) in [5, 5.41) is 11.8. The fourth-order valence-corrected chi connectivity index (χ4v) is 2.67. The second-order valence-corrected chi connectivity index (χ2v) is 5.35. The summed E-state index contributed by atoms with van der Waals surface area (Å²) in [6, 6.07) is 6.05. The highest BCUT2D eigenvalue weighted by Gasteiger charge is 2.40. The van der Waals surface area contributed by atoms with E-state index in [9.17, 15) is 14.7 Å². The summed E-state index contributed by atoms with van der Waals surface area (Å²) in [4.78, 5) is 23.2. The molecule has 19 heavy (non-hydrogen) atoms. The number of fused-ring (bicyclic) bond motifs is 1. The van der Waals surface area contributed by atoms with Gasteiger partial charge in [-0.2, -0.15) is 0 Å². The van der Waals surface area contributed by atoms with Crippen LogP contribution in [0.1, 0.15) is 30.0 Å². The molecule has 1 aromatic rings. The van der Waals surface area contributed by atoms with E-state index in [2.05, 4.69) is 11.4 Å². The van der Waals surface area contributed by atoms with Crippen LogP contribution in [0.4, 0.5) is 0 Å². The zero-order chi connectivity index (χ0) is 14.0. The van der Waals surface area contributed by atoms with Crippen LogP contribution in [0.3, 0.4) is 0 Å². The van der Waals surface area contributed by atoms with Crippen LogP contribution in [0, 0.1) is 5.41 Å². The summed E-state index contributed by atoms with van der Waals surface area (Å²) in [5.74, 6) is -1.55. The van der Waals surface area contributed by atoms with Crippen LogP contribution >= 0.6 is 0 Å². The van der Waals surface area contributed by atoms with Gasteiger partial charge in [-0.3, -0.25) is 9.59 Å². The number of carbonyl (C=O) groups excluding carboxylic acids is 1. The Balaban J connectivity index is 2.27. The van der Waals surface area contributed by atoms with E-state index in [-0.39, 0.29) is 6.42 Å². The maximum Gasteiger partial charge on any atom is 0.319 e. The fourth-order valence-electron chi connectivity index (χ4n) is 2.67. The molecule has 0 radical (unpaired) electrons. The van der Waals surface area contributed by atoms with Gasteiger partial charge in [-0.15, -0.1) is 0 Å². The van der Waals surface area contributed by atoms with Gasteiger partial charge in [0.1, 0.15) is 5.41 Å². The number of benzene rings is 1. The SMILES string of the molecule is CNC(=O)C(C)(Cc1ccc2c(c1)CCC2)C(=O)O. The predicted molar refractivity (Wildman–Crippen MR) is 72.0 cm³/mol.